The minimum atomic E-state index is 0. The van der Waals surface area contributed by atoms with Gasteiger partial charge in [-0.1, -0.05) is 19.1 Å². The average molecular weight is 469 g/mol. The van der Waals surface area contributed by atoms with E-state index in [1.54, 1.807) is 18.4 Å². The molecule has 1 unspecified atom stereocenters. The van der Waals surface area contributed by atoms with Crippen LogP contribution < -0.4 is 10.6 Å². The number of halogens is 1. The molecule has 0 bridgehead atoms. The minimum absolute atomic E-state index is 0. The molecular weight excluding hydrogens is 445 g/mol. The molecule has 3 rings (SSSR count). The van der Waals surface area contributed by atoms with Crippen LogP contribution in [0.2, 0.25) is 0 Å². The summed E-state index contributed by atoms with van der Waals surface area (Å²) < 4.78 is 0. The van der Waals surface area contributed by atoms with Crippen molar-refractivity contribution in [2.24, 2.45) is 4.99 Å². The second-order valence-corrected chi connectivity index (χ2v) is 6.57. The van der Waals surface area contributed by atoms with Gasteiger partial charge in [-0.2, -0.15) is 11.3 Å². The Balaban J connectivity index is 0.00000225. The fraction of sp³-hybridized carbons (Fsp3) is 0.333. The number of nitrogens with zero attached hydrogens (tertiary/aromatic N) is 2. The van der Waals surface area contributed by atoms with Crippen LogP contribution in [0.3, 0.4) is 0 Å². The predicted octanol–water partition coefficient (Wildman–Crippen LogP) is 3.75. The van der Waals surface area contributed by atoms with Crippen LogP contribution in [-0.4, -0.2) is 36.1 Å². The number of H-pyrrole nitrogens is 1. The molecule has 0 radical (unpaired) electrons. The van der Waals surface area contributed by atoms with E-state index in [1.807, 2.05) is 24.3 Å². The number of imidazole rings is 1. The Kier molecular flexibility index (Phi) is 7.70. The zero-order valence-electron chi connectivity index (χ0n) is 14.5. The van der Waals surface area contributed by atoms with Gasteiger partial charge in [-0.05, 0) is 40.4 Å². The Hall–Kier alpha value is -1.61. The molecule has 2 aromatic heterocycles. The second kappa shape index (κ2) is 9.76. The summed E-state index contributed by atoms with van der Waals surface area (Å²) in [6.45, 7) is 3.87. The number of guanidine groups is 1. The standard InChI is InChI=1S/C18H23N5S.HI/c1-13(14-8-10-24-12-14)11-21-18(19-2)20-9-7-17-22-15-5-3-4-6-16(15)23-17;/h3-6,8,10,12-13H,7,9,11H2,1-2H3,(H,22,23)(H2,19,20,21);1H. The van der Waals surface area contributed by atoms with Crippen molar-refractivity contribution in [1.29, 1.82) is 0 Å². The first-order valence-electron chi connectivity index (χ1n) is 8.16. The molecule has 0 spiro atoms. The number of hydrogen-bond donors (Lipinski definition) is 3. The predicted molar refractivity (Wildman–Crippen MR) is 117 cm³/mol. The lowest BCUT2D eigenvalue weighted by atomic mass is 10.1. The summed E-state index contributed by atoms with van der Waals surface area (Å²) in [6.07, 6.45) is 0.829. The van der Waals surface area contributed by atoms with Gasteiger partial charge < -0.3 is 15.6 Å². The molecule has 1 aromatic carbocycles. The molecule has 0 saturated heterocycles. The molecule has 0 aliphatic carbocycles. The molecule has 0 fully saturated rings. The number of fused-ring (bicyclic) bond motifs is 1. The summed E-state index contributed by atoms with van der Waals surface area (Å²) in [5.74, 6) is 2.28. The molecule has 25 heavy (non-hydrogen) atoms. The number of hydrogen-bond acceptors (Lipinski definition) is 3. The van der Waals surface area contributed by atoms with Gasteiger partial charge in [-0.15, -0.1) is 24.0 Å². The number of rotatable bonds is 6. The van der Waals surface area contributed by atoms with Crippen molar-refractivity contribution < 1.29 is 0 Å². The number of thiophene rings is 1. The highest BCUT2D eigenvalue weighted by molar-refractivity contribution is 14.0. The Labute approximate surface area is 169 Å². The van der Waals surface area contributed by atoms with Crippen LogP contribution in [-0.2, 0) is 6.42 Å². The number of aromatic nitrogens is 2. The fourth-order valence-corrected chi connectivity index (χ4v) is 3.35. The summed E-state index contributed by atoms with van der Waals surface area (Å²) in [5.41, 5.74) is 3.46. The van der Waals surface area contributed by atoms with Crippen molar-refractivity contribution in [3.8, 4) is 0 Å². The van der Waals surface area contributed by atoms with Crippen LogP contribution in [0.15, 0.2) is 46.1 Å². The molecular formula is C18H24IN5S. The molecule has 7 heteroatoms. The second-order valence-electron chi connectivity index (χ2n) is 5.79. The van der Waals surface area contributed by atoms with Gasteiger partial charge in [0.15, 0.2) is 5.96 Å². The molecule has 0 amide bonds. The van der Waals surface area contributed by atoms with Gasteiger partial charge in [0.2, 0.25) is 0 Å². The third-order valence-corrected chi connectivity index (χ3v) is 4.71. The highest BCUT2D eigenvalue weighted by Gasteiger charge is 2.07. The third-order valence-electron chi connectivity index (χ3n) is 4.00. The quantitative estimate of drug-likeness (QED) is 0.293. The number of aromatic amines is 1. The van der Waals surface area contributed by atoms with Gasteiger partial charge >= 0.3 is 0 Å². The van der Waals surface area contributed by atoms with E-state index >= 15 is 0 Å². The molecule has 3 N–H and O–H groups in total. The molecule has 134 valence electrons. The zero-order chi connectivity index (χ0) is 16.8. The molecule has 2 heterocycles. The van der Waals surface area contributed by atoms with E-state index in [4.69, 9.17) is 0 Å². The summed E-state index contributed by atoms with van der Waals surface area (Å²) >= 11 is 1.74. The summed E-state index contributed by atoms with van der Waals surface area (Å²) in [5, 5.41) is 11.0. The van der Waals surface area contributed by atoms with E-state index in [0.717, 1.165) is 42.3 Å². The average Bonchev–Trinajstić information content (AvgIpc) is 3.26. The lowest BCUT2D eigenvalue weighted by Crippen LogP contribution is -2.39. The van der Waals surface area contributed by atoms with E-state index in [0.29, 0.717) is 5.92 Å². The SMILES string of the molecule is CN=C(NCCc1nc2ccccc2[nH]1)NCC(C)c1ccsc1.I. The lowest BCUT2D eigenvalue weighted by molar-refractivity contribution is 0.697. The van der Waals surface area contributed by atoms with Crippen LogP contribution in [0.5, 0.6) is 0 Å². The van der Waals surface area contributed by atoms with Crippen molar-refractivity contribution in [2.45, 2.75) is 19.3 Å². The van der Waals surface area contributed by atoms with Gasteiger partial charge in [0.1, 0.15) is 5.82 Å². The zero-order valence-corrected chi connectivity index (χ0v) is 17.6. The topological polar surface area (TPSA) is 65.1 Å². The highest BCUT2D eigenvalue weighted by Crippen LogP contribution is 2.17. The number of aliphatic imine (C=N–C) groups is 1. The van der Waals surface area contributed by atoms with Gasteiger partial charge in [0, 0.05) is 26.6 Å². The molecule has 0 aliphatic heterocycles. The fourth-order valence-electron chi connectivity index (χ4n) is 2.57. The maximum Gasteiger partial charge on any atom is 0.191 e. The smallest absolute Gasteiger partial charge is 0.191 e. The van der Waals surface area contributed by atoms with Crippen molar-refractivity contribution in [2.75, 3.05) is 20.1 Å². The lowest BCUT2D eigenvalue weighted by Gasteiger charge is -2.15. The van der Waals surface area contributed by atoms with Crippen LogP contribution >= 0.6 is 35.3 Å². The maximum absolute atomic E-state index is 4.59. The minimum Gasteiger partial charge on any atom is -0.356 e. The maximum atomic E-state index is 4.59. The normalized spacial score (nSPS) is 12.6. The van der Waals surface area contributed by atoms with Crippen molar-refractivity contribution in [3.05, 3.63) is 52.5 Å². The molecule has 1 atom stereocenters. The van der Waals surface area contributed by atoms with E-state index in [2.05, 4.69) is 49.3 Å². The first-order chi connectivity index (χ1) is 11.8. The van der Waals surface area contributed by atoms with Crippen molar-refractivity contribution >= 4 is 52.3 Å². The van der Waals surface area contributed by atoms with Gasteiger partial charge in [0.05, 0.1) is 11.0 Å². The number of para-hydroxylation sites is 2. The van der Waals surface area contributed by atoms with E-state index in [1.165, 1.54) is 5.56 Å². The monoisotopic (exact) mass is 469 g/mol. The van der Waals surface area contributed by atoms with Gasteiger partial charge in [-0.3, -0.25) is 4.99 Å². The number of nitrogens with one attached hydrogen (secondary N) is 3. The summed E-state index contributed by atoms with van der Waals surface area (Å²) in [4.78, 5) is 12.2. The first-order valence-corrected chi connectivity index (χ1v) is 9.11. The van der Waals surface area contributed by atoms with Crippen molar-refractivity contribution in [3.63, 3.8) is 0 Å². The molecule has 0 saturated carbocycles. The summed E-state index contributed by atoms with van der Waals surface area (Å²) in [7, 11) is 1.80. The Morgan fingerprint density at radius 1 is 1.28 bits per heavy atom. The van der Waals surface area contributed by atoms with E-state index in [-0.39, 0.29) is 24.0 Å². The largest absolute Gasteiger partial charge is 0.356 e. The van der Waals surface area contributed by atoms with E-state index < -0.39 is 0 Å². The highest BCUT2D eigenvalue weighted by atomic mass is 127. The Morgan fingerprint density at radius 2 is 2.12 bits per heavy atom. The van der Waals surface area contributed by atoms with E-state index in [9.17, 15) is 0 Å². The summed E-state index contributed by atoms with van der Waals surface area (Å²) in [6, 6.07) is 10.3. The first kappa shape index (κ1) is 19.7. The van der Waals surface area contributed by atoms with Crippen LogP contribution in [0.1, 0.15) is 24.2 Å². The van der Waals surface area contributed by atoms with Crippen LogP contribution in [0.4, 0.5) is 0 Å². The Morgan fingerprint density at radius 3 is 2.84 bits per heavy atom. The third kappa shape index (κ3) is 5.43. The van der Waals surface area contributed by atoms with Crippen LogP contribution in [0.25, 0.3) is 11.0 Å². The molecule has 3 aromatic rings. The van der Waals surface area contributed by atoms with Crippen LogP contribution in [0, 0.1) is 0 Å². The Bertz CT molecular complexity index is 764. The molecule has 5 nitrogen and oxygen atoms in total. The van der Waals surface area contributed by atoms with Gasteiger partial charge in [0.25, 0.3) is 0 Å². The molecule has 0 aliphatic rings. The van der Waals surface area contributed by atoms with Gasteiger partial charge in [-0.25, -0.2) is 4.98 Å². The number of benzene rings is 1. The van der Waals surface area contributed by atoms with Crippen molar-refractivity contribution in [1.82, 2.24) is 20.6 Å².